The first-order chi connectivity index (χ1) is 9.67. The topological polar surface area (TPSA) is 119 Å². The van der Waals surface area contributed by atoms with Gasteiger partial charge in [0.1, 0.15) is 5.69 Å². The molecule has 114 valence electrons. The van der Waals surface area contributed by atoms with Crippen LogP contribution in [0.25, 0.3) is 0 Å². The number of alkyl halides is 1. The van der Waals surface area contributed by atoms with Gasteiger partial charge in [-0.15, -0.1) is 0 Å². The number of nitrogens with zero attached hydrogens (tertiary/aromatic N) is 4. The highest BCUT2D eigenvalue weighted by atomic mass is 19.1. The van der Waals surface area contributed by atoms with E-state index in [1.807, 2.05) is 0 Å². The minimum absolute atomic E-state index is 0.0646. The summed E-state index contributed by atoms with van der Waals surface area (Å²) in [5.41, 5.74) is -3.19. The van der Waals surface area contributed by atoms with Crippen LogP contribution in [0.2, 0.25) is 0 Å². The number of amides is 1. The molecule has 21 heavy (non-hydrogen) atoms. The van der Waals surface area contributed by atoms with Crippen LogP contribution in [0.5, 0.6) is 0 Å². The van der Waals surface area contributed by atoms with Gasteiger partial charge in [0.05, 0.1) is 11.5 Å². The molecule has 1 N–H and O–H groups in total. The Morgan fingerprint density at radius 1 is 1.52 bits per heavy atom. The summed E-state index contributed by atoms with van der Waals surface area (Å²) in [6.07, 6.45) is -0.349. The molecule has 0 bridgehead atoms. The standard InChI is InChI=1S/C11H13FN4O5/c1-6-7(16(20)21)8(14(2)13-6)9(17)15-4-3-11(12,5-15)10(18)19/h3-5H2,1-2H3,(H,18,19). The Bertz CT molecular complexity index is 643. The first-order valence-corrected chi connectivity index (χ1v) is 6.07. The maximum Gasteiger partial charge on any atom is 0.343 e. The van der Waals surface area contributed by atoms with Gasteiger partial charge in [0.15, 0.2) is 0 Å². The first-order valence-electron chi connectivity index (χ1n) is 6.07. The van der Waals surface area contributed by atoms with Gasteiger partial charge in [-0.25, -0.2) is 9.18 Å². The normalized spacial score (nSPS) is 21.6. The molecule has 10 heteroatoms. The van der Waals surface area contributed by atoms with E-state index in [-0.39, 0.29) is 24.4 Å². The van der Waals surface area contributed by atoms with Crippen molar-refractivity contribution < 1.29 is 24.0 Å². The van der Waals surface area contributed by atoms with E-state index in [0.717, 1.165) is 9.58 Å². The molecule has 1 aliphatic heterocycles. The molecule has 0 radical (unpaired) electrons. The summed E-state index contributed by atoms with van der Waals surface area (Å²) in [6, 6.07) is 0. The lowest BCUT2D eigenvalue weighted by Crippen LogP contribution is -2.39. The second kappa shape index (κ2) is 4.79. The van der Waals surface area contributed by atoms with Gasteiger partial charge in [0.2, 0.25) is 11.4 Å². The molecule has 1 aromatic rings. The molecule has 0 saturated carbocycles. The third kappa shape index (κ3) is 2.32. The molecule has 1 aliphatic rings. The number of rotatable bonds is 3. The van der Waals surface area contributed by atoms with E-state index in [0.29, 0.717) is 0 Å². The molecule has 1 atom stereocenters. The van der Waals surface area contributed by atoms with Gasteiger partial charge < -0.3 is 10.0 Å². The van der Waals surface area contributed by atoms with Crippen LogP contribution in [-0.4, -0.2) is 55.3 Å². The minimum atomic E-state index is -2.52. The van der Waals surface area contributed by atoms with Gasteiger partial charge >= 0.3 is 11.7 Å². The van der Waals surface area contributed by atoms with Crippen LogP contribution in [-0.2, 0) is 11.8 Å². The van der Waals surface area contributed by atoms with Gasteiger partial charge in [-0.3, -0.25) is 19.6 Å². The zero-order valence-electron chi connectivity index (χ0n) is 11.4. The fourth-order valence-electron chi connectivity index (χ4n) is 2.38. The number of likely N-dealkylation sites (tertiary alicyclic amines) is 1. The van der Waals surface area contributed by atoms with Crippen LogP contribution in [0.1, 0.15) is 22.6 Å². The van der Waals surface area contributed by atoms with Crippen molar-refractivity contribution in [3.05, 3.63) is 21.5 Å². The average Bonchev–Trinajstić information content (AvgIpc) is 2.90. The van der Waals surface area contributed by atoms with Crippen molar-refractivity contribution in [2.75, 3.05) is 13.1 Å². The largest absolute Gasteiger partial charge is 0.479 e. The van der Waals surface area contributed by atoms with Crippen molar-refractivity contribution in [2.45, 2.75) is 19.0 Å². The van der Waals surface area contributed by atoms with E-state index in [4.69, 9.17) is 5.11 Å². The third-order valence-corrected chi connectivity index (χ3v) is 3.47. The number of carboxylic acids is 1. The fourth-order valence-corrected chi connectivity index (χ4v) is 2.38. The van der Waals surface area contributed by atoms with E-state index in [1.165, 1.54) is 14.0 Å². The summed E-state index contributed by atoms with van der Waals surface area (Å²) in [6.45, 7) is 0.626. The number of aromatic nitrogens is 2. The second-order valence-corrected chi connectivity index (χ2v) is 4.91. The van der Waals surface area contributed by atoms with Crippen molar-refractivity contribution in [3.8, 4) is 0 Å². The van der Waals surface area contributed by atoms with Gasteiger partial charge in [-0.05, 0) is 6.92 Å². The highest BCUT2D eigenvalue weighted by Crippen LogP contribution is 2.30. The Morgan fingerprint density at radius 3 is 2.62 bits per heavy atom. The number of halogens is 1. The molecular weight excluding hydrogens is 287 g/mol. The SMILES string of the molecule is Cc1nn(C)c(C(=O)N2CCC(F)(C(=O)O)C2)c1[N+](=O)[O-]. The van der Waals surface area contributed by atoms with Crippen LogP contribution >= 0.6 is 0 Å². The number of carbonyl (C=O) groups excluding carboxylic acids is 1. The van der Waals surface area contributed by atoms with E-state index in [9.17, 15) is 24.1 Å². The maximum absolute atomic E-state index is 14.0. The lowest BCUT2D eigenvalue weighted by Gasteiger charge is -2.17. The van der Waals surface area contributed by atoms with Crippen molar-refractivity contribution in [1.29, 1.82) is 0 Å². The lowest BCUT2D eigenvalue weighted by atomic mass is 10.1. The molecule has 0 spiro atoms. The van der Waals surface area contributed by atoms with E-state index >= 15 is 0 Å². The van der Waals surface area contributed by atoms with E-state index < -0.39 is 34.7 Å². The molecule has 2 rings (SSSR count). The summed E-state index contributed by atoms with van der Waals surface area (Å²) in [4.78, 5) is 34.4. The Balaban J connectivity index is 2.35. The Labute approximate surface area is 118 Å². The minimum Gasteiger partial charge on any atom is -0.479 e. The van der Waals surface area contributed by atoms with Crippen molar-refractivity contribution in [1.82, 2.24) is 14.7 Å². The van der Waals surface area contributed by atoms with Crippen molar-refractivity contribution in [3.63, 3.8) is 0 Å². The Hall–Kier alpha value is -2.52. The van der Waals surface area contributed by atoms with Gasteiger partial charge in [0.25, 0.3) is 5.91 Å². The number of carboxylic acid groups (broad SMARTS) is 1. The van der Waals surface area contributed by atoms with Crippen LogP contribution < -0.4 is 0 Å². The van der Waals surface area contributed by atoms with Crippen LogP contribution in [0, 0.1) is 17.0 Å². The third-order valence-electron chi connectivity index (χ3n) is 3.47. The monoisotopic (exact) mass is 300 g/mol. The van der Waals surface area contributed by atoms with Gasteiger partial charge in [-0.2, -0.15) is 5.10 Å². The molecule has 1 saturated heterocycles. The summed E-state index contributed by atoms with van der Waals surface area (Å²) >= 11 is 0. The van der Waals surface area contributed by atoms with Crippen molar-refractivity contribution in [2.24, 2.45) is 7.05 Å². The number of carbonyl (C=O) groups is 2. The van der Waals surface area contributed by atoms with E-state index in [2.05, 4.69) is 5.10 Å². The number of aryl methyl sites for hydroxylation is 2. The maximum atomic E-state index is 14.0. The van der Waals surface area contributed by atoms with Crippen LogP contribution in [0.4, 0.5) is 10.1 Å². The molecule has 0 aliphatic carbocycles. The highest BCUT2D eigenvalue weighted by Gasteiger charge is 2.48. The molecular formula is C11H13FN4O5. The molecule has 2 heterocycles. The summed E-state index contributed by atoms with van der Waals surface area (Å²) < 4.78 is 15.0. The number of hydrogen-bond donors (Lipinski definition) is 1. The zero-order valence-corrected chi connectivity index (χ0v) is 11.4. The highest BCUT2D eigenvalue weighted by molar-refractivity contribution is 5.97. The molecule has 1 fully saturated rings. The van der Waals surface area contributed by atoms with Gasteiger partial charge in [0, 0.05) is 20.0 Å². The summed E-state index contributed by atoms with van der Waals surface area (Å²) in [5.74, 6) is -2.45. The molecule has 1 aromatic heterocycles. The summed E-state index contributed by atoms with van der Waals surface area (Å²) in [7, 11) is 1.36. The zero-order chi connectivity index (χ0) is 15.9. The second-order valence-electron chi connectivity index (χ2n) is 4.91. The summed E-state index contributed by atoms with van der Waals surface area (Å²) in [5, 5.41) is 23.6. The predicted molar refractivity (Wildman–Crippen MR) is 66.6 cm³/mol. The van der Waals surface area contributed by atoms with Crippen LogP contribution in [0.15, 0.2) is 0 Å². The fraction of sp³-hybridized carbons (Fsp3) is 0.545. The molecule has 1 unspecified atom stereocenters. The lowest BCUT2D eigenvalue weighted by molar-refractivity contribution is -0.385. The Kier molecular flexibility index (Phi) is 3.39. The molecule has 1 amide bonds. The molecule has 0 aromatic carbocycles. The smallest absolute Gasteiger partial charge is 0.343 e. The number of hydrogen-bond acceptors (Lipinski definition) is 5. The quantitative estimate of drug-likeness (QED) is 0.632. The number of aliphatic carboxylic acids is 1. The predicted octanol–water partition coefficient (Wildman–Crippen LogP) is 0.276. The molecule has 9 nitrogen and oxygen atoms in total. The van der Waals surface area contributed by atoms with Crippen LogP contribution in [0.3, 0.4) is 0 Å². The average molecular weight is 300 g/mol. The van der Waals surface area contributed by atoms with E-state index in [1.54, 1.807) is 0 Å². The number of nitro groups is 1. The van der Waals surface area contributed by atoms with Crippen molar-refractivity contribution >= 4 is 17.6 Å². The Morgan fingerprint density at radius 2 is 2.14 bits per heavy atom. The van der Waals surface area contributed by atoms with Gasteiger partial charge in [-0.1, -0.05) is 0 Å². The first kappa shape index (κ1) is 14.9.